The maximum Gasteiger partial charge on any atom is 0.228 e. The minimum atomic E-state index is -0.151. The first kappa shape index (κ1) is 14.1. The molecule has 0 aliphatic heterocycles. The van der Waals surface area contributed by atoms with Crippen LogP contribution in [0.2, 0.25) is 0 Å². The fourth-order valence-electron chi connectivity index (χ4n) is 2.44. The average Bonchev–Trinajstić information content (AvgIpc) is 3.00. The van der Waals surface area contributed by atoms with Gasteiger partial charge in [-0.05, 0) is 38.5 Å². The predicted molar refractivity (Wildman–Crippen MR) is 81.5 cm³/mol. The highest BCUT2D eigenvalue weighted by molar-refractivity contribution is 6.20. The van der Waals surface area contributed by atoms with Gasteiger partial charge in [0.05, 0.1) is 16.4 Å². The Kier molecular flexibility index (Phi) is 3.68. The third-order valence-electron chi connectivity index (χ3n) is 3.41. The van der Waals surface area contributed by atoms with Crippen LogP contribution < -0.4 is 0 Å². The van der Waals surface area contributed by atoms with Crippen LogP contribution in [0.25, 0.3) is 11.0 Å². The number of imidazole rings is 1. The van der Waals surface area contributed by atoms with Crippen molar-refractivity contribution in [1.29, 1.82) is 0 Å². The highest BCUT2D eigenvalue weighted by Crippen LogP contribution is 2.25. The lowest BCUT2D eigenvalue weighted by Gasteiger charge is -2.09. The van der Waals surface area contributed by atoms with Crippen molar-refractivity contribution in [3.63, 3.8) is 0 Å². The van der Waals surface area contributed by atoms with E-state index in [1.165, 1.54) is 5.56 Å². The monoisotopic (exact) mass is 304 g/mol. The summed E-state index contributed by atoms with van der Waals surface area (Å²) in [6, 6.07) is 6.22. The van der Waals surface area contributed by atoms with Gasteiger partial charge in [0, 0.05) is 13.0 Å². The first-order valence-corrected chi connectivity index (χ1v) is 7.38. The highest BCUT2D eigenvalue weighted by atomic mass is 35.5. The van der Waals surface area contributed by atoms with E-state index in [9.17, 15) is 0 Å². The quantitative estimate of drug-likeness (QED) is 0.691. The molecule has 0 aliphatic carbocycles. The maximum absolute atomic E-state index is 6.27. The van der Waals surface area contributed by atoms with Gasteiger partial charge in [-0.25, -0.2) is 4.98 Å². The normalized spacial score (nSPS) is 13.0. The van der Waals surface area contributed by atoms with Gasteiger partial charge in [-0.1, -0.05) is 11.2 Å². The van der Waals surface area contributed by atoms with E-state index in [0.29, 0.717) is 24.7 Å². The predicted octanol–water partition coefficient (Wildman–Crippen LogP) is 3.58. The Morgan fingerprint density at radius 3 is 2.76 bits per heavy atom. The zero-order valence-electron chi connectivity index (χ0n) is 12.3. The summed E-state index contributed by atoms with van der Waals surface area (Å²) < 4.78 is 7.31. The van der Waals surface area contributed by atoms with Crippen LogP contribution >= 0.6 is 11.6 Å². The molecule has 0 spiro atoms. The summed E-state index contributed by atoms with van der Waals surface area (Å²) in [7, 11) is 0. The zero-order chi connectivity index (χ0) is 15.0. The number of aryl methyl sites for hydroxylation is 4. The molecular weight excluding hydrogens is 288 g/mol. The topological polar surface area (TPSA) is 56.7 Å². The Bertz CT molecular complexity index is 775. The minimum absolute atomic E-state index is 0.151. The van der Waals surface area contributed by atoms with Crippen molar-refractivity contribution in [2.45, 2.75) is 39.1 Å². The van der Waals surface area contributed by atoms with Gasteiger partial charge in [-0.2, -0.15) is 4.98 Å². The van der Waals surface area contributed by atoms with E-state index >= 15 is 0 Å². The molecule has 21 heavy (non-hydrogen) atoms. The number of benzene rings is 1. The van der Waals surface area contributed by atoms with Crippen LogP contribution in [0.15, 0.2) is 22.7 Å². The van der Waals surface area contributed by atoms with Gasteiger partial charge >= 0.3 is 0 Å². The molecule has 3 rings (SSSR count). The molecule has 6 heteroatoms. The number of hydrogen-bond acceptors (Lipinski definition) is 4. The lowest BCUT2D eigenvalue weighted by atomic mass is 10.2. The molecule has 1 unspecified atom stereocenters. The van der Waals surface area contributed by atoms with Crippen molar-refractivity contribution >= 4 is 22.6 Å². The molecule has 0 aliphatic rings. The van der Waals surface area contributed by atoms with Gasteiger partial charge in [0.15, 0.2) is 5.82 Å². The number of aromatic nitrogens is 4. The van der Waals surface area contributed by atoms with Gasteiger partial charge in [-0.3, -0.25) is 0 Å². The van der Waals surface area contributed by atoms with Crippen molar-refractivity contribution in [1.82, 2.24) is 19.7 Å². The van der Waals surface area contributed by atoms with E-state index in [4.69, 9.17) is 16.1 Å². The molecule has 0 saturated carbocycles. The molecule has 0 saturated heterocycles. The van der Waals surface area contributed by atoms with Crippen molar-refractivity contribution in [2.24, 2.45) is 0 Å². The van der Waals surface area contributed by atoms with Crippen LogP contribution in [0.1, 0.15) is 35.4 Å². The molecule has 2 aromatic heterocycles. The van der Waals surface area contributed by atoms with E-state index in [-0.39, 0.29) is 5.38 Å². The summed E-state index contributed by atoms with van der Waals surface area (Å²) in [5.41, 5.74) is 3.25. The highest BCUT2D eigenvalue weighted by Gasteiger charge is 2.15. The summed E-state index contributed by atoms with van der Waals surface area (Å²) in [5.74, 6) is 2.16. The molecule has 1 atom stereocenters. The number of nitrogens with zero attached hydrogens (tertiary/aromatic N) is 4. The van der Waals surface area contributed by atoms with E-state index in [1.54, 1.807) is 0 Å². The number of halogens is 1. The lowest BCUT2D eigenvalue weighted by Crippen LogP contribution is -2.07. The molecule has 0 radical (unpaired) electrons. The molecule has 1 aromatic carbocycles. The standard InChI is InChI=1S/C15H17ClN4O/c1-9-4-5-12-13(8-9)20(15(18-12)10(2)16)7-6-14-17-11(3)19-21-14/h4-5,8,10H,6-7H2,1-3H3. The Morgan fingerprint density at radius 1 is 1.29 bits per heavy atom. The average molecular weight is 305 g/mol. The smallest absolute Gasteiger partial charge is 0.228 e. The Morgan fingerprint density at radius 2 is 2.10 bits per heavy atom. The Balaban J connectivity index is 1.98. The molecule has 0 N–H and O–H groups in total. The van der Waals surface area contributed by atoms with E-state index < -0.39 is 0 Å². The summed E-state index contributed by atoms with van der Waals surface area (Å²) in [5, 5.41) is 3.66. The number of hydrogen-bond donors (Lipinski definition) is 0. The number of rotatable bonds is 4. The van der Waals surface area contributed by atoms with Crippen molar-refractivity contribution in [2.75, 3.05) is 0 Å². The summed E-state index contributed by atoms with van der Waals surface area (Å²) in [4.78, 5) is 8.87. The molecule has 5 nitrogen and oxygen atoms in total. The van der Waals surface area contributed by atoms with Crippen LogP contribution in [0.4, 0.5) is 0 Å². The van der Waals surface area contributed by atoms with Crippen LogP contribution in [-0.4, -0.2) is 19.7 Å². The van der Waals surface area contributed by atoms with Crippen LogP contribution in [0.3, 0.4) is 0 Å². The second-order valence-corrected chi connectivity index (χ2v) is 5.87. The van der Waals surface area contributed by atoms with Crippen LogP contribution in [0.5, 0.6) is 0 Å². The maximum atomic E-state index is 6.27. The lowest BCUT2D eigenvalue weighted by molar-refractivity contribution is 0.368. The molecule has 110 valence electrons. The Hall–Kier alpha value is -1.88. The van der Waals surface area contributed by atoms with Gasteiger partial charge in [0.1, 0.15) is 5.82 Å². The summed E-state index contributed by atoms with van der Waals surface area (Å²) >= 11 is 6.27. The van der Waals surface area contributed by atoms with Crippen molar-refractivity contribution in [3.05, 3.63) is 41.3 Å². The van der Waals surface area contributed by atoms with Crippen LogP contribution in [-0.2, 0) is 13.0 Å². The molecular formula is C15H17ClN4O. The first-order chi connectivity index (χ1) is 10.0. The number of alkyl halides is 1. The largest absolute Gasteiger partial charge is 0.339 e. The second kappa shape index (κ2) is 5.48. The number of fused-ring (bicyclic) bond motifs is 1. The van der Waals surface area contributed by atoms with E-state index in [2.05, 4.69) is 38.7 Å². The molecule has 2 heterocycles. The third kappa shape index (κ3) is 2.78. The van der Waals surface area contributed by atoms with Gasteiger partial charge in [-0.15, -0.1) is 11.6 Å². The van der Waals surface area contributed by atoms with Gasteiger partial charge in [0.25, 0.3) is 0 Å². The fraction of sp³-hybridized carbons (Fsp3) is 0.400. The fourth-order valence-corrected chi connectivity index (χ4v) is 2.61. The molecule has 3 aromatic rings. The molecule has 0 fully saturated rings. The zero-order valence-corrected chi connectivity index (χ0v) is 13.1. The van der Waals surface area contributed by atoms with Crippen LogP contribution in [0, 0.1) is 13.8 Å². The van der Waals surface area contributed by atoms with Crippen molar-refractivity contribution in [3.8, 4) is 0 Å². The van der Waals surface area contributed by atoms with Gasteiger partial charge < -0.3 is 9.09 Å². The summed E-state index contributed by atoms with van der Waals surface area (Å²) in [6.07, 6.45) is 0.664. The van der Waals surface area contributed by atoms with Crippen molar-refractivity contribution < 1.29 is 4.52 Å². The molecule has 0 amide bonds. The summed E-state index contributed by atoms with van der Waals surface area (Å²) in [6.45, 7) is 6.54. The van der Waals surface area contributed by atoms with Gasteiger partial charge in [0.2, 0.25) is 5.89 Å². The SMILES string of the molecule is Cc1ccc2nc(C(C)Cl)n(CCc3nc(C)no3)c2c1. The minimum Gasteiger partial charge on any atom is -0.339 e. The Labute approximate surface area is 127 Å². The van der Waals surface area contributed by atoms with E-state index in [0.717, 1.165) is 16.9 Å². The third-order valence-corrected chi connectivity index (χ3v) is 3.60. The first-order valence-electron chi connectivity index (χ1n) is 6.94. The second-order valence-electron chi connectivity index (χ2n) is 5.22. The van der Waals surface area contributed by atoms with E-state index in [1.807, 2.05) is 19.9 Å². The molecule has 0 bridgehead atoms.